The molecule has 1 fully saturated rings. The molecule has 5 heteroatoms. The lowest BCUT2D eigenvalue weighted by molar-refractivity contribution is -0.908. The highest BCUT2D eigenvalue weighted by molar-refractivity contribution is 5.89. The lowest BCUT2D eigenvalue weighted by Gasteiger charge is -2.29. The number of rotatable bonds is 6. The summed E-state index contributed by atoms with van der Waals surface area (Å²) >= 11 is 0. The molecule has 0 aliphatic carbocycles. The molecule has 1 aliphatic rings. The molecule has 0 aromatic heterocycles. The van der Waals surface area contributed by atoms with Crippen LogP contribution in [-0.4, -0.2) is 32.9 Å². The third-order valence-corrected chi connectivity index (χ3v) is 5.03. The predicted octanol–water partition coefficient (Wildman–Crippen LogP) is 2.31. The summed E-state index contributed by atoms with van der Waals surface area (Å²) in [5.41, 5.74) is 2.19. The summed E-state index contributed by atoms with van der Waals surface area (Å²) < 4.78 is 5.12. The van der Waals surface area contributed by atoms with E-state index in [1.807, 2.05) is 24.3 Å². The lowest BCUT2D eigenvalue weighted by atomic mass is 9.90. The van der Waals surface area contributed by atoms with Crippen molar-refractivity contribution in [3.8, 4) is 5.75 Å². The third-order valence-electron chi connectivity index (χ3n) is 5.03. The number of carbonyl (C=O) groups excluding carboxylic acids is 1. The van der Waals surface area contributed by atoms with Gasteiger partial charge in [-0.2, -0.15) is 0 Å². The number of methoxy groups -OCH3 is 1. The van der Waals surface area contributed by atoms with Gasteiger partial charge in [-0.1, -0.05) is 30.3 Å². The molecule has 2 aromatic carbocycles. The summed E-state index contributed by atoms with van der Waals surface area (Å²) in [6, 6.07) is 17.9. The Morgan fingerprint density at radius 3 is 2.42 bits per heavy atom. The van der Waals surface area contributed by atoms with Crippen molar-refractivity contribution >= 4 is 11.7 Å². The fraction of sp³-hybridized carbons (Fsp3) is 0.381. The normalized spacial score (nSPS) is 19.6. The number of carbonyl (C=O) groups is 1. The number of nitrogens with one attached hydrogen (secondary N) is 3. The van der Waals surface area contributed by atoms with E-state index in [0.717, 1.165) is 30.4 Å². The van der Waals surface area contributed by atoms with Crippen LogP contribution in [0.1, 0.15) is 18.4 Å². The third kappa shape index (κ3) is 5.49. The van der Waals surface area contributed by atoms with Crippen molar-refractivity contribution in [1.29, 1.82) is 0 Å². The van der Waals surface area contributed by atoms with Gasteiger partial charge in [-0.3, -0.25) is 5.32 Å². The van der Waals surface area contributed by atoms with E-state index >= 15 is 0 Å². The molecule has 5 nitrogen and oxygen atoms in total. The molecule has 3 rings (SSSR count). The molecule has 1 aliphatic heterocycles. The highest BCUT2D eigenvalue weighted by Crippen LogP contribution is 2.16. The van der Waals surface area contributed by atoms with Gasteiger partial charge in [0, 0.05) is 5.69 Å². The minimum absolute atomic E-state index is 0.158. The van der Waals surface area contributed by atoms with Crippen molar-refractivity contribution in [2.24, 2.45) is 5.92 Å². The predicted molar refractivity (Wildman–Crippen MR) is 104 cm³/mol. The Morgan fingerprint density at radius 2 is 1.77 bits per heavy atom. The molecule has 2 aromatic rings. The number of anilines is 1. The Morgan fingerprint density at radius 1 is 1.08 bits per heavy atom. The highest BCUT2D eigenvalue weighted by Gasteiger charge is 2.22. The summed E-state index contributed by atoms with van der Waals surface area (Å²) in [6.45, 7) is 2.89. The van der Waals surface area contributed by atoms with Gasteiger partial charge in [0.2, 0.25) is 0 Å². The van der Waals surface area contributed by atoms with E-state index < -0.39 is 0 Å². The minimum Gasteiger partial charge on any atom is -0.497 e. The number of amides is 2. The Balaban J connectivity index is 1.35. The number of hydrogen-bond acceptors (Lipinski definition) is 2. The van der Waals surface area contributed by atoms with Crippen LogP contribution in [0.15, 0.2) is 54.6 Å². The van der Waals surface area contributed by atoms with Crippen LogP contribution in [0.2, 0.25) is 0 Å². The first-order chi connectivity index (χ1) is 12.7. The zero-order valence-corrected chi connectivity index (χ0v) is 15.3. The maximum atomic E-state index is 12.0. The van der Waals surface area contributed by atoms with Crippen LogP contribution in [-0.2, 0) is 6.42 Å². The lowest BCUT2D eigenvalue weighted by Crippen LogP contribution is -3.14. The van der Waals surface area contributed by atoms with Crippen LogP contribution in [0.5, 0.6) is 5.75 Å². The molecule has 1 heterocycles. The topological polar surface area (TPSA) is 54.8 Å². The molecule has 3 N–H and O–H groups in total. The quantitative estimate of drug-likeness (QED) is 0.746. The van der Waals surface area contributed by atoms with Crippen molar-refractivity contribution in [3.63, 3.8) is 0 Å². The second-order valence-corrected chi connectivity index (χ2v) is 6.92. The van der Waals surface area contributed by atoms with Gasteiger partial charge in [0.05, 0.1) is 20.2 Å². The summed E-state index contributed by atoms with van der Waals surface area (Å²) in [7, 11) is 1.63. The molecular weight excluding hydrogens is 326 g/mol. The average Bonchev–Trinajstić information content (AvgIpc) is 2.69. The van der Waals surface area contributed by atoms with Gasteiger partial charge in [0.1, 0.15) is 5.75 Å². The van der Waals surface area contributed by atoms with Crippen LogP contribution < -0.4 is 20.3 Å². The van der Waals surface area contributed by atoms with E-state index in [1.165, 1.54) is 29.7 Å². The smallest absolute Gasteiger partial charge is 0.323 e. The molecule has 26 heavy (non-hydrogen) atoms. The number of piperidine rings is 1. The largest absolute Gasteiger partial charge is 0.497 e. The maximum absolute atomic E-state index is 12.0. The molecule has 0 saturated carbocycles. The van der Waals surface area contributed by atoms with Crippen molar-refractivity contribution in [2.45, 2.75) is 19.3 Å². The standard InChI is InChI=1S/C21H27N3O2/c1-26-20-9-7-19(8-10-20)23-21(25)22-16-24-13-11-18(12-14-24)15-17-5-3-2-4-6-17/h2-10,18H,11-16H2,1H3,(H2,22,23,25)/p+1. The first-order valence-electron chi connectivity index (χ1n) is 9.29. The number of likely N-dealkylation sites (tertiary alicyclic amines) is 1. The van der Waals surface area contributed by atoms with Crippen LogP contribution in [0, 0.1) is 5.92 Å². The Bertz CT molecular complexity index is 680. The number of benzene rings is 2. The zero-order valence-electron chi connectivity index (χ0n) is 15.3. The molecule has 1 saturated heterocycles. The number of quaternary nitrogens is 1. The average molecular weight is 354 g/mol. The second kappa shape index (κ2) is 9.25. The number of ether oxygens (including phenoxy) is 1. The van der Waals surface area contributed by atoms with Crippen LogP contribution in [0.3, 0.4) is 0 Å². The van der Waals surface area contributed by atoms with Gasteiger partial charge < -0.3 is 15.0 Å². The number of hydrogen-bond donors (Lipinski definition) is 3. The van der Waals surface area contributed by atoms with E-state index in [1.54, 1.807) is 7.11 Å². The molecule has 138 valence electrons. The molecule has 0 radical (unpaired) electrons. The zero-order chi connectivity index (χ0) is 18.2. The SMILES string of the molecule is COc1ccc(NC(=O)NC[NH+]2CCC(Cc3ccccc3)CC2)cc1. The van der Waals surface area contributed by atoms with Gasteiger partial charge in [-0.25, -0.2) is 4.79 Å². The Labute approximate surface area is 155 Å². The fourth-order valence-corrected chi connectivity index (χ4v) is 3.47. The van der Waals surface area contributed by atoms with Gasteiger partial charge >= 0.3 is 6.03 Å². The van der Waals surface area contributed by atoms with E-state index in [4.69, 9.17) is 4.74 Å². The molecule has 2 amide bonds. The summed E-state index contributed by atoms with van der Waals surface area (Å²) in [5, 5.41) is 5.83. The van der Waals surface area contributed by atoms with Crippen LogP contribution >= 0.6 is 0 Å². The van der Waals surface area contributed by atoms with Crippen molar-refractivity contribution in [1.82, 2.24) is 5.32 Å². The van der Waals surface area contributed by atoms with Crippen molar-refractivity contribution in [3.05, 3.63) is 60.2 Å². The minimum atomic E-state index is -0.158. The summed E-state index contributed by atoms with van der Waals surface area (Å²) in [6.07, 6.45) is 3.59. The van der Waals surface area contributed by atoms with Crippen molar-refractivity contribution in [2.75, 3.05) is 32.2 Å². The number of urea groups is 1. The van der Waals surface area contributed by atoms with E-state index in [-0.39, 0.29) is 6.03 Å². The first-order valence-corrected chi connectivity index (χ1v) is 9.29. The van der Waals surface area contributed by atoms with Crippen molar-refractivity contribution < 1.29 is 14.4 Å². The molecular formula is C21H28N3O2+. The molecule has 0 unspecified atom stereocenters. The monoisotopic (exact) mass is 354 g/mol. The molecule has 0 spiro atoms. The van der Waals surface area contributed by atoms with Crippen LogP contribution in [0.25, 0.3) is 0 Å². The summed E-state index contributed by atoms with van der Waals surface area (Å²) in [4.78, 5) is 13.5. The Kier molecular flexibility index (Phi) is 6.50. The van der Waals surface area contributed by atoms with Gasteiger partial charge in [-0.05, 0) is 55.0 Å². The van der Waals surface area contributed by atoms with Gasteiger partial charge in [-0.15, -0.1) is 0 Å². The summed E-state index contributed by atoms with van der Waals surface area (Å²) in [5.74, 6) is 1.54. The second-order valence-electron chi connectivity index (χ2n) is 6.92. The van der Waals surface area contributed by atoms with Gasteiger partial charge in [0.25, 0.3) is 0 Å². The van der Waals surface area contributed by atoms with E-state index in [0.29, 0.717) is 6.67 Å². The van der Waals surface area contributed by atoms with Crippen LogP contribution in [0.4, 0.5) is 10.5 Å². The van der Waals surface area contributed by atoms with E-state index in [2.05, 4.69) is 41.0 Å². The maximum Gasteiger partial charge on any atom is 0.323 e. The highest BCUT2D eigenvalue weighted by atomic mass is 16.5. The Hall–Kier alpha value is -2.53. The molecule has 0 atom stereocenters. The first kappa shape index (κ1) is 18.3. The van der Waals surface area contributed by atoms with Gasteiger partial charge in [0.15, 0.2) is 6.67 Å². The van der Waals surface area contributed by atoms with E-state index in [9.17, 15) is 4.79 Å². The fourth-order valence-electron chi connectivity index (χ4n) is 3.47. The molecule has 0 bridgehead atoms.